The van der Waals surface area contributed by atoms with Gasteiger partial charge in [0.15, 0.2) is 0 Å². The van der Waals surface area contributed by atoms with E-state index in [1.807, 2.05) is 0 Å². The number of rotatable bonds is 4. The monoisotopic (exact) mass is 275 g/mol. The molecule has 0 aliphatic heterocycles. The summed E-state index contributed by atoms with van der Waals surface area (Å²) in [6.45, 7) is 0. The summed E-state index contributed by atoms with van der Waals surface area (Å²) in [6.07, 6.45) is 0.334. The summed E-state index contributed by atoms with van der Waals surface area (Å²) in [7, 11) is 0. The predicted molar refractivity (Wildman–Crippen MR) is 58.0 cm³/mol. The van der Waals surface area contributed by atoms with Gasteiger partial charge in [-0.25, -0.2) is 4.39 Å². The molecule has 0 aliphatic rings. The molecule has 0 fully saturated rings. The summed E-state index contributed by atoms with van der Waals surface area (Å²) in [5.41, 5.74) is 6.42. The molecule has 5 heteroatoms. The molecule has 1 aromatic rings. The quantitative estimate of drug-likeness (QED) is 0.883. The van der Waals surface area contributed by atoms with Crippen LogP contribution in [0.3, 0.4) is 0 Å². The number of hydrogen-bond acceptors (Lipinski definition) is 2. The van der Waals surface area contributed by atoms with Gasteiger partial charge in [0.1, 0.15) is 5.82 Å². The SMILES string of the molecule is NC(CC(=O)O)Cc1ccc(F)c(Br)c1. The number of carboxylic acids is 1. The highest BCUT2D eigenvalue weighted by molar-refractivity contribution is 9.10. The largest absolute Gasteiger partial charge is 0.481 e. The van der Waals surface area contributed by atoms with Crippen LogP contribution < -0.4 is 5.73 Å². The highest BCUT2D eigenvalue weighted by atomic mass is 79.9. The molecule has 0 aliphatic carbocycles. The zero-order valence-electron chi connectivity index (χ0n) is 7.91. The fraction of sp³-hybridized carbons (Fsp3) is 0.300. The Bertz CT molecular complexity index is 370. The van der Waals surface area contributed by atoms with Crippen molar-refractivity contribution in [1.82, 2.24) is 0 Å². The number of carbonyl (C=O) groups is 1. The molecule has 0 bridgehead atoms. The van der Waals surface area contributed by atoms with Crippen LogP contribution in [0.4, 0.5) is 4.39 Å². The minimum Gasteiger partial charge on any atom is -0.481 e. The van der Waals surface area contributed by atoms with Gasteiger partial charge in [-0.3, -0.25) is 4.79 Å². The molecule has 1 atom stereocenters. The van der Waals surface area contributed by atoms with E-state index in [0.29, 0.717) is 10.9 Å². The van der Waals surface area contributed by atoms with Crippen molar-refractivity contribution in [1.29, 1.82) is 0 Å². The first-order valence-corrected chi connectivity index (χ1v) is 5.19. The smallest absolute Gasteiger partial charge is 0.304 e. The van der Waals surface area contributed by atoms with Crippen LogP contribution in [-0.2, 0) is 11.2 Å². The molecular weight excluding hydrogens is 265 g/mol. The number of carboxylic acid groups (broad SMARTS) is 1. The average Bonchev–Trinajstić information content (AvgIpc) is 2.10. The van der Waals surface area contributed by atoms with Gasteiger partial charge in [-0.2, -0.15) is 0 Å². The molecule has 0 heterocycles. The molecule has 0 aromatic heterocycles. The Kier molecular flexibility index (Phi) is 4.23. The van der Waals surface area contributed by atoms with Crippen molar-refractivity contribution < 1.29 is 14.3 Å². The molecule has 15 heavy (non-hydrogen) atoms. The molecule has 0 spiro atoms. The maximum absolute atomic E-state index is 12.9. The Morgan fingerprint density at radius 2 is 2.27 bits per heavy atom. The van der Waals surface area contributed by atoms with Crippen LogP contribution >= 0.6 is 15.9 Å². The molecule has 3 N–H and O–H groups in total. The van der Waals surface area contributed by atoms with Gasteiger partial charge in [0, 0.05) is 6.04 Å². The first-order chi connectivity index (χ1) is 6.99. The van der Waals surface area contributed by atoms with Crippen LogP contribution in [0.15, 0.2) is 22.7 Å². The molecule has 3 nitrogen and oxygen atoms in total. The van der Waals surface area contributed by atoms with Gasteiger partial charge in [0.05, 0.1) is 10.9 Å². The topological polar surface area (TPSA) is 63.3 Å². The van der Waals surface area contributed by atoms with Crippen LogP contribution in [0.2, 0.25) is 0 Å². The molecule has 82 valence electrons. The van der Waals surface area contributed by atoms with Crippen LogP contribution in [0.5, 0.6) is 0 Å². The normalized spacial score (nSPS) is 12.5. The number of halogens is 2. The Hall–Kier alpha value is -0.940. The third kappa shape index (κ3) is 3.97. The van der Waals surface area contributed by atoms with Gasteiger partial charge in [0.25, 0.3) is 0 Å². The lowest BCUT2D eigenvalue weighted by atomic mass is 10.0. The van der Waals surface area contributed by atoms with E-state index in [2.05, 4.69) is 15.9 Å². The van der Waals surface area contributed by atoms with E-state index in [1.165, 1.54) is 6.07 Å². The highest BCUT2D eigenvalue weighted by Crippen LogP contribution is 2.17. The van der Waals surface area contributed by atoms with Crippen molar-refractivity contribution in [3.8, 4) is 0 Å². The second-order valence-corrected chi connectivity index (χ2v) is 4.16. The first kappa shape index (κ1) is 12.1. The van der Waals surface area contributed by atoms with E-state index in [1.54, 1.807) is 12.1 Å². The van der Waals surface area contributed by atoms with Gasteiger partial charge in [-0.05, 0) is 40.0 Å². The van der Waals surface area contributed by atoms with E-state index in [0.717, 1.165) is 5.56 Å². The van der Waals surface area contributed by atoms with E-state index in [4.69, 9.17) is 10.8 Å². The van der Waals surface area contributed by atoms with Crippen LogP contribution in [-0.4, -0.2) is 17.1 Å². The summed E-state index contributed by atoms with van der Waals surface area (Å²) in [5.74, 6) is -1.27. The van der Waals surface area contributed by atoms with Crippen molar-refractivity contribution in [2.45, 2.75) is 18.9 Å². The lowest BCUT2D eigenvalue weighted by Gasteiger charge is -2.09. The van der Waals surface area contributed by atoms with Gasteiger partial charge in [0.2, 0.25) is 0 Å². The zero-order valence-corrected chi connectivity index (χ0v) is 9.50. The third-order valence-electron chi connectivity index (χ3n) is 1.92. The van der Waals surface area contributed by atoms with E-state index < -0.39 is 12.0 Å². The fourth-order valence-electron chi connectivity index (χ4n) is 1.27. The average molecular weight is 276 g/mol. The van der Waals surface area contributed by atoms with E-state index in [-0.39, 0.29) is 12.2 Å². The van der Waals surface area contributed by atoms with E-state index >= 15 is 0 Å². The third-order valence-corrected chi connectivity index (χ3v) is 2.53. The second-order valence-electron chi connectivity index (χ2n) is 3.31. The van der Waals surface area contributed by atoms with Crippen molar-refractivity contribution in [2.24, 2.45) is 5.73 Å². The standard InChI is InChI=1S/C10H11BrFNO2/c11-8-4-6(1-2-9(8)12)3-7(13)5-10(14)15/h1-2,4,7H,3,5,13H2,(H,14,15). The fourth-order valence-corrected chi connectivity index (χ4v) is 1.69. The number of aliphatic carboxylic acids is 1. The molecule has 1 unspecified atom stereocenters. The number of benzene rings is 1. The van der Waals surface area contributed by atoms with Gasteiger partial charge in [-0.15, -0.1) is 0 Å². The Morgan fingerprint density at radius 1 is 1.60 bits per heavy atom. The minimum atomic E-state index is -0.927. The second kappa shape index (κ2) is 5.23. The zero-order chi connectivity index (χ0) is 11.4. The minimum absolute atomic E-state index is 0.0883. The molecular formula is C10H11BrFNO2. The predicted octanol–water partition coefficient (Wildman–Crippen LogP) is 1.93. The van der Waals surface area contributed by atoms with Gasteiger partial charge < -0.3 is 10.8 Å². The Morgan fingerprint density at radius 3 is 2.80 bits per heavy atom. The number of nitrogens with two attached hydrogens (primary N) is 1. The van der Waals surface area contributed by atoms with Crippen molar-refractivity contribution >= 4 is 21.9 Å². The summed E-state index contributed by atoms with van der Waals surface area (Å²) in [4.78, 5) is 10.4. The summed E-state index contributed by atoms with van der Waals surface area (Å²) in [6, 6.07) is 4.09. The maximum atomic E-state index is 12.9. The summed E-state index contributed by atoms with van der Waals surface area (Å²) < 4.78 is 13.2. The Balaban J connectivity index is 2.64. The maximum Gasteiger partial charge on any atom is 0.304 e. The molecule has 0 amide bonds. The molecule has 0 saturated heterocycles. The lowest BCUT2D eigenvalue weighted by molar-refractivity contribution is -0.137. The first-order valence-electron chi connectivity index (χ1n) is 4.40. The molecule has 1 aromatic carbocycles. The molecule has 1 rings (SSSR count). The van der Waals surface area contributed by atoms with Crippen LogP contribution in [0.1, 0.15) is 12.0 Å². The summed E-state index contributed by atoms with van der Waals surface area (Å²) >= 11 is 3.05. The molecule has 0 saturated carbocycles. The van der Waals surface area contributed by atoms with Crippen molar-refractivity contribution in [3.63, 3.8) is 0 Å². The highest BCUT2D eigenvalue weighted by Gasteiger charge is 2.09. The van der Waals surface area contributed by atoms with Crippen molar-refractivity contribution in [2.75, 3.05) is 0 Å². The summed E-state index contributed by atoms with van der Waals surface area (Å²) in [5, 5.41) is 8.51. The molecule has 0 radical (unpaired) electrons. The van der Waals surface area contributed by atoms with Gasteiger partial charge >= 0.3 is 5.97 Å². The van der Waals surface area contributed by atoms with Gasteiger partial charge in [-0.1, -0.05) is 6.07 Å². The van der Waals surface area contributed by atoms with Crippen molar-refractivity contribution in [3.05, 3.63) is 34.1 Å². The number of hydrogen-bond donors (Lipinski definition) is 2. The lowest BCUT2D eigenvalue weighted by Crippen LogP contribution is -2.26. The van der Waals surface area contributed by atoms with E-state index in [9.17, 15) is 9.18 Å². The van der Waals surface area contributed by atoms with Crippen LogP contribution in [0.25, 0.3) is 0 Å². The Labute approximate surface area is 95.2 Å². The van der Waals surface area contributed by atoms with Crippen LogP contribution in [0, 0.1) is 5.82 Å².